The molecule has 1 aromatic heterocycles. The quantitative estimate of drug-likeness (QED) is 0.744. The second-order valence-corrected chi connectivity index (χ2v) is 5.82. The Kier molecular flexibility index (Phi) is 6.09. The van der Waals surface area contributed by atoms with Gasteiger partial charge in [0.25, 0.3) is 0 Å². The van der Waals surface area contributed by atoms with Crippen LogP contribution in [0.3, 0.4) is 0 Å². The van der Waals surface area contributed by atoms with E-state index in [9.17, 15) is 13.2 Å². The molecule has 108 valence electrons. The van der Waals surface area contributed by atoms with Gasteiger partial charge in [-0.1, -0.05) is 6.92 Å². The predicted octanol–water partition coefficient (Wildman–Crippen LogP) is 0.168. The zero-order valence-corrected chi connectivity index (χ0v) is 11.9. The number of carbonyl (C=O) groups excluding carboxylic acids is 1. The number of hydrogen-bond acceptors (Lipinski definition) is 5. The highest BCUT2D eigenvalue weighted by Gasteiger charge is 2.16. The second-order valence-electron chi connectivity index (χ2n) is 4.05. The fourth-order valence-electron chi connectivity index (χ4n) is 1.44. The molecule has 0 aliphatic heterocycles. The molecule has 0 radical (unpaired) electrons. The maximum absolute atomic E-state index is 11.8. The summed E-state index contributed by atoms with van der Waals surface area (Å²) in [5.74, 6) is -0.473. The highest BCUT2D eigenvalue weighted by Crippen LogP contribution is 2.04. The van der Waals surface area contributed by atoms with E-state index in [1.165, 1.54) is 24.5 Å². The van der Waals surface area contributed by atoms with Gasteiger partial charge in [-0.15, -0.1) is 0 Å². The van der Waals surface area contributed by atoms with Crippen molar-refractivity contribution in [1.29, 1.82) is 5.26 Å². The Hall–Kier alpha value is -1.98. The van der Waals surface area contributed by atoms with Crippen LogP contribution >= 0.6 is 0 Å². The Balaban J connectivity index is 2.55. The molecular weight excluding hydrogens is 280 g/mol. The third-order valence-corrected chi connectivity index (χ3v) is 3.95. The van der Waals surface area contributed by atoms with Crippen LogP contribution in [0.25, 0.3) is 0 Å². The van der Waals surface area contributed by atoms with Gasteiger partial charge in [-0.05, 0) is 18.6 Å². The lowest BCUT2D eigenvalue weighted by molar-refractivity contribution is -0.120. The molecule has 1 amide bonds. The summed E-state index contributed by atoms with van der Waals surface area (Å²) in [6.07, 6.45) is 3.45. The topological polar surface area (TPSA) is 112 Å². The Morgan fingerprint density at radius 2 is 2.30 bits per heavy atom. The number of aromatic nitrogens is 1. The van der Waals surface area contributed by atoms with E-state index in [2.05, 4.69) is 15.0 Å². The Morgan fingerprint density at radius 1 is 1.55 bits per heavy atom. The fraction of sp³-hybridized carbons (Fsp3) is 0.417. The molecule has 0 bridgehead atoms. The minimum Gasteiger partial charge on any atom is -0.351 e. The molecule has 0 saturated heterocycles. The number of carbonyl (C=O) groups is 1. The van der Waals surface area contributed by atoms with E-state index in [0.29, 0.717) is 6.42 Å². The minimum absolute atomic E-state index is 0.00290. The van der Waals surface area contributed by atoms with Crippen LogP contribution < -0.4 is 10.0 Å². The summed E-state index contributed by atoms with van der Waals surface area (Å²) in [4.78, 5) is 15.3. The van der Waals surface area contributed by atoms with Gasteiger partial charge in [-0.3, -0.25) is 9.78 Å². The van der Waals surface area contributed by atoms with Crippen molar-refractivity contribution in [2.75, 3.05) is 6.54 Å². The number of pyridine rings is 1. The van der Waals surface area contributed by atoms with Crippen molar-refractivity contribution < 1.29 is 13.2 Å². The van der Waals surface area contributed by atoms with Crippen LogP contribution in [0, 0.1) is 11.3 Å². The van der Waals surface area contributed by atoms with E-state index in [0.717, 1.165) is 0 Å². The molecule has 0 unspecified atom stereocenters. The first-order valence-corrected chi connectivity index (χ1v) is 7.54. The molecule has 7 nitrogen and oxygen atoms in total. The molecule has 0 spiro atoms. The van der Waals surface area contributed by atoms with Crippen molar-refractivity contribution >= 4 is 15.9 Å². The predicted molar refractivity (Wildman–Crippen MR) is 71.9 cm³/mol. The first-order chi connectivity index (χ1) is 9.49. The van der Waals surface area contributed by atoms with Crippen LogP contribution in [-0.2, 0) is 14.8 Å². The zero-order valence-electron chi connectivity index (χ0n) is 11.0. The third-order valence-electron chi connectivity index (χ3n) is 2.56. The minimum atomic E-state index is -3.75. The van der Waals surface area contributed by atoms with E-state index in [1.807, 2.05) is 13.0 Å². The molecule has 1 rings (SSSR count). The van der Waals surface area contributed by atoms with Gasteiger partial charge in [0.05, 0.1) is 19.0 Å². The second kappa shape index (κ2) is 7.57. The molecular formula is C12H16N4O3S. The van der Waals surface area contributed by atoms with Crippen LogP contribution in [0.5, 0.6) is 0 Å². The molecule has 2 N–H and O–H groups in total. The average molecular weight is 296 g/mol. The van der Waals surface area contributed by atoms with Crippen LogP contribution in [0.1, 0.15) is 19.8 Å². The van der Waals surface area contributed by atoms with Gasteiger partial charge in [-0.25, -0.2) is 13.1 Å². The van der Waals surface area contributed by atoms with E-state index in [-0.39, 0.29) is 23.9 Å². The summed E-state index contributed by atoms with van der Waals surface area (Å²) in [6.45, 7) is 1.46. The molecule has 0 aromatic carbocycles. The summed E-state index contributed by atoms with van der Waals surface area (Å²) in [5, 5.41) is 11.2. The number of rotatable bonds is 7. The van der Waals surface area contributed by atoms with Crippen molar-refractivity contribution in [3.8, 4) is 6.07 Å². The summed E-state index contributed by atoms with van der Waals surface area (Å²) in [5.41, 5.74) is 0. The lowest BCUT2D eigenvalue weighted by atomic mass is 10.2. The van der Waals surface area contributed by atoms with Gasteiger partial charge < -0.3 is 5.32 Å². The zero-order chi connectivity index (χ0) is 15.0. The van der Waals surface area contributed by atoms with Crippen molar-refractivity contribution in [3.05, 3.63) is 24.5 Å². The number of hydrogen-bond donors (Lipinski definition) is 2. The van der Waals surface area contributed by atoms with Gasteiger partial charge in [0.1, 0.15) is 4.90 Å². The lowest BCUT2D eigenvalue weighted by Gasteiger charge is -2.13. The van der Waals surface area contributed by atoms with E-state index < -0.39 is 15.9 Å². The third kappa shape index (κ3) is 4.95. The monoisotopic (exact) mass is 296 g/mol. The van der Waals surface area contributed by atoms with Gasteiger partial charge >= 0.3 is 0 Å². The highest BCUT2D eigenvalue weighted by molar-refractivity contribution is 7.89. The fourth-order valence-corrected chi connectivity index (χ4v) is 2.38. The van der Waals surface area contributed by atoms with Gasteiger partial charge in [0.2, 0.25) is 15.9 Å². The molecule has 0 fully saturated rings. The first kappa shape index (κ1) is 16.1. The molecule has 1 heterocycles. The Labute approximate surface area is 118 Å². The van der Waals surface area contributed by atoms with Gasteiger partial charge in [-0.2, -0.15) is 5.26 Å². The first-order valence-electron chi connectivity index (χ1n) is 6.05. The van der Waals surface area contributed by atoms with Crippen LogP contribution in [-0.4, -0.2) is 31.9 Å². The van der Waals surface area contributed by atoms with Crippen LogP contribution in [0.15, 0.2) is 29.4 Å². The Morgan fingerprint density at radius 3 is 2.85 bits per heavy atom. The Bertz CT molecular complexity index is 580. The summed E-state index contributed by atoms with van der Waals surface area (Å²) >= 11 is 0. The number of nitriles is 1. The van der Waals surface area contributed by atoms with Gasteiger partial charge in [0, 0.05) is 18.4 Å². The number of nitrogens with zero attached hydrogens (tertiary/aromatic N) is 2. The standard InChI is InChI=1S/C12H16N4O3S/c1-2-10(5-6-13)16-12(17)9-15-20(18,19)11-4-3-7-14-8-11/h3-4,7-8,10,15H,2,5,9H2,1H3,(H,16,17)/t10-/m0/s1. The van der Waals surface area contributed by atoms with Crippen LogP contribution in [0.2, 0.25) is 0 Å². The molecule has 8 heteroatoms. The van der Waals surface area contributed by atoms with Crippen molar-refractivity contribution in [2.45, 2.75) is 30.7 Å². The summed E-state index contributed by atoms with van der Waals surface area (Å²) < 4.78 is 25.9. The molecule has 0 saturated carbocycles. The highest BCUT2D eigenvalue weighted by atomic mass is 32.2. The smallest absolute Gasteiger partial charge is 0.242 e. The normalized spacial score (nSPS) is 12.4. The number of nitrogens with one attached hydrogen (secondary N) is 2. The van der Waals surface area contributed by atoms with E-state index in [1.54, 1.807) is 0 Å². The van der Waals surface area contributed by atoms with Crippen molar-refractivity contribution in [2.24, 2.45) is 0 Å². The lowest BCUT2D eigenvalue weighted by Crippen LogP contribution is -2.41. The van der Waals surface area contributed by atoms with Crippen molar-refractivity contribution in [1.82, 2.24) is 15.0 Å². The van der Waals surface area contributed by atoms with E-state index in [4.69, 9.17) is 5.26 Å². The molecule has 0 aliphatic rings. The van der Waals surface area contributed by atoms with Crippen LogP contribution in [0.4, 0.5) is 0 Å². The summed E-state index contributed by atoms with van der Waals surface area (Å²) in [7, 11) is -3.75. The molecule has 1 atom stereocenters. The summed E-state index contributed by atoms with van der Waals surface area (Å²) in [6, 6.07) is 4.57. The molecule has 20 heavy (non-hydrogen) atoms. The van der Waals surface area contributed by atoms with Gasteiger partial charge in [0.15, 0.2) is 0 Å². The molecule has 0 aliphatic carbocycles. The maximum Gasteiger partial charge on any atom is 0.242 e. The SMILES string of the molecule is CC[C@@H](CC#N)NC(=O)CNS(=O)(=O)c1cccnc1. The molecule has 1 aromatic rings. The number of amides is 1. The average Bonchev–Trinajstić information content (AvgIpc) is 2.46. The van der Waals surface area contributed by atoms with Crippen molar-refractivity contribution in [3.63, 3.8) is 0 Å². The maximum atomic E-state index is 11.8. The van der Waals surface area contributed by atoms with E-state index >= 15 is 0 Å². The number of sulfonamides is 1. The largest absolute Gasteiger partial charge is 0.351 e.